The van der Waals surface area contributed by atoms with Crippen LogP contribution >= 0.6 is 11.6 Å². The van der Waals surface area contributed by atoms with E-state index in [0.29, 0.717) is 37.0 Å². The van der Waals surface area contributed by atoms with Crippen LogP contribution in [-0.2, 0) is 26.6 Å². The van der Waals surface area contributed by atoms with Crippen LogP contribution in [0.3, 0.4) is 0 Å². The summed E-state index contributed by atoms with van der Waals surface area (Å²) in [5, 5.41) is 15.6. The fourth-order valence-corrected chi connectivity index (χ4v) is 9.48. The number of ether oxygens (including phenoxy) is 2. The minimum Gasteiger partial charge on any atom is -0.490 e. The van der Waals surface area contributed by atoms with Gasteiger partial charge in [0, 0.05) is 30.6 Å². The van der Waals surface area contributed by atoms with Crippen LogP contribution in [-0.4, -0.2) is 57.7 Å². The van der Waals surface area contributed by atoms with Crippen LogP contribution in [0.2, 0.25) is 5.02 Å². The van der Waals surface area contributed by atoms with E-state index in [1.807, 2.05) is 6.07 Å². The molecule has 2 aromatic carbocycles. The van der Waals surface area contributed by atoms with Gasteiger partial charge in [0.2, 0.25) is 10.0 Å². The first-order chi connectivity index (χ1) is 20.1. The third kappa shape index (κ3) is 5.65. The van der Waals surface area contributed by atoms with Crippen molar-refractivity contribution in [2.24, 2.45) is 22.9 Å². The van der Waals surface area contributed by atoms with Crippen LogP contribution in [0.5, 0.6) is 5.75 Å². The molecule has 0 amide bonds. The van der Waals surface area contributed by atoms with E-state index >= 15 is 0 Å². The molecular formula is C32H41ClN2O6S. The van der Waals surface area contributed by atoms with Gasteiger partial charge >= 0.3 is 5.97 Å². The quantitative estimate of drug-likeness (QED) is 0.427. The number of hydrogen-bond donors (Lipinski definition) is 2. The minimum absolute atomic E-state index is 0.0344. The molecule has 2 saturated carbocycles. The minimum atomic E-state index is -3.58. The van der Waals surface area contributed by atoms with Crippen molar-refractivity contribution in [2.45, 2.75) is 74.6 Å². The average molecular weight is 617 g/mol. The van der Waals surface area contributed by atoms with E-state index in [2.05, 4.69) is 17.0 Å². The number of aryl methyl sites for hydroxylation is 1. The van der Waals surface area contributed by atoms with E-state index in [9.17, 15) is 18.3 Å². The second kappa shape index (κ2) is 11.6. The van der Waals surface area contributed by atoms with Crippen molar-refractivity contribution in [2.75, 3.05) is 31.7 Å². The van der Waals surface area contributed by atoms with Crippen molar-refractivity contribution in [1.82, 2.24) is 0 Å². The number of carboxylic acids is 1. The van der Waals surface area contributed by atoms with Gasteiger partial charge in [-0.3, -0.25) is 0 Å². The highest BCUT2D eigenvalue weighted by Gasteiger charge is 2.46. The third-order valence-electron chi connectivity index (χ3n) is 10.5. The van der Waals surface area contributed by atoms with E-state index in [1.165, 1.54) is 11.1 Å². The number of fused-ring (bicyclic) bond motifs is 3. The van der Waals surface area contributed by atoms with E-state index in [0.717, 1.165) is 68.7 Å². The molecule has 2 aromatic rings. The van der Waals surface area contributed by atoms with Gasteiger partial charge in [0.15, 0.2) is 0 Å². The Morgan fingerprint density at radius 1 is 1.19 bits per heavy atom. The number of hydrogen-bond acceptors (Lipinski definition) is 6. The summed E-state index contributed by atoms with van der Waals surface area (Å²) in [6, 6.07) is 11.3. The van der Waals surface area contributed by atoms with Crippen molar-refractivity contribution in [3.8, 4) is 5.75 Å². The molecule has 3 N–H and O–H groups in total. The van der Waals surface area contributed by atoms with Crippen molar-refractivity contribution in [3.63, 3.8) is 0 Å². The molecule has 2 fully saturated rings. The Kier molecular flexibility index (Phi) is 8.24. The maximum absolute atomic E-state index is 12.2. The smallest absolute Gasteiger partial charge is 0.335 e. The van der Waals surface area contributed by atoms with Crippen LogP contribution in [0.4, 0.5) is 5.69 Å². The normalized spacial score (nSPS) is 29.9. The lowest BCUT2D eigenvalue weighted by atomic mass is 9.65. The molecule has 42 heavy (non-hydrogen) atoms. The summed E-state index contributed by atoms with van der Waals surface area (Å²) in [7, 11) is -1.83. The van der Waals surface area contributed by atoms with Crippen LogP contribution in [0, 0.1) is 17.8 Å². The molecule has 4 aliphatic rings. The number of carbonyl (C=O) groups is 1. The fraction of sp³-hybridized carbons (Fsp3) is 0.594. The number of nitrogens with zero attached hydrogens (tertiary/aromatic N) is 1. The molecular weight excluding hydrogens is 576 g/mol. The first kappa shape index (κ1) is 29.7. The Bertz CT molecular complexity index is 1450. The Balaban J connectivity index is 1.31. The molecule has 0 bridgehead atoms. The molecule has 6 atom stereocenters. The van der Waals surface area contributed by atoms with Crippen LogP contribution in [0.1, 0.15) is 72.9 Å². The number of halogens is 1. The maximum Gasteiger partial charge on any atom is 0.335 e. The van der Waals surface area contributed by atoms with Crippen molar-refractivity contribution >= 4 is 33.3 Å². The standard InChI is InChI=1S/C32H41ClN2O6S/c1-40-30(21-4-2-6-25(15-21)42(34,38)39)26-10-7-23(26)17-35-18-32(13-3-5-20-14-24(33)9-11-27(20)32)19-41-29-12-8-22(31(36)37)16-28(29)35/h8-9,11-12,14,16,21,23,25-26,30H,2-7,10,13,15,17-19H2,1H3,(H,36,37)(H2,34,38,39)/t21-,23+,25-,26-,30+,32+/m1/s1. The van der Waals surface area contributed by atoms with E-state index in [1.54, 1.807) is 25.3 Å². The van der Waals surface area contributed by atoms with Gasteiger partial charge in [0.05, 0.1) is 29.2 Å². The Hall–Kier alpha value is -2.33. The summed E-state index contributed by atoms with van der Waals surface area (Å²) in [5.41, 5.74) is 3.35. The molecule has 1 aliphatic heterocycles. The fourth-order valence-electron chi connectivity index (χ4n) is 8.28. The van der Waals surface area contributed by atoms with Gasteiger partial charge in [-0.15, -0.1) is 0 Å². The van der Waals surface area contributed by atoms with Gasteiger partial charge in [-0.25, -0.2) is 18.4 Å². The maximum atomic E-state index is 12.2. The highest BCUT2D eigenvalue weighted by Crippen LogP contribution is 2.48. The van der Waals surface area contributed by atoms with Crippen molar-refractivity contribution < 1.29 is 27.8 Å². The molecule has 0 radical (unpaired) electrons. The summed E-state index contributed by atoms with van der Waals surface area (Å²) in [4.78, 5) is 14.3. The zero-order chi connectivity index (χ0) is 29.6. The van der Waals surface area contributed by atoms with Gasteiger partial charge < -0.3 is 19.5 Å². The first-order valence-corrected chi connectivity index (χ1v) is 17.1. The molecule has 0 aromatic heterocycles. The molecule has 3 aliphatic carbocycles. The second-order valence-electron chi connectivity index (χ2n) is 12.9. The molecule has 0 saturated heterocycles. The molecule has 1 spiro atoms. The Morgan fingerprint density at radius 3 is 2.74 bits per heavy atom. The van der Waals surface area contributed by atoms with Crippen LogP contribution < -0.4 is 14.8 Å². The topological polar surface area (TPSA) is 119 Å². The summed E-state index contributed by atoms with van der Waals surface area (Å²) < 4.78 is 37.0. The number of benzene rings is 2. The average Bonchev–Trinajstić information content (AvgIpc) is 3.10. The first-order valence-electron chi connectivity index (χ1n) is 15.2. The Labute approximate surface area is 253 Å². The number of methoxy groups -OCH3 is 1. The van der Waals surface area contributed by atoms with Gasteiger partial charge in [-0.2, -0.15) is 0 Å². The third-order valence-corrected chi connectivity index (χ3v) is 12.1. The van der Waals surface area contributed by atoms with E-state index < -0.39 is 21.2 Å². The number of rotatable bonds is 7. The number of carboxylic acid groups (broad SMARTS) is 1. The summed E-state index contributed by atoms with van der Waals surface area (Å²) in [6.07, 6.45) is 7.97. The number of nitrogens with two attached hydrogens (primary N) is 1. The van der Waals surface area contributed by atoms with Gasteiger partial charge in [-0.05, 0) is 111 Å². The molecule has 1 heterocycles. The second-order valence-corrected chi connectivity index (χ2v) is 15.2. The zero-order valence-electron chi connectivity index (χ0n) is 24.1. The molecule has 8 nitrogen and oxygen atoms in total. The van der Waals surface area contributed by atoms with E-state index in [4.69, 9.17) is 26.2 Å². The van der Waals surface area contributed by atoms with Crippen LogP contribution in [0.25, 0.3) is 0 Å². The zero-order valence-corrected chi connectivity index (χ0v) is 25.7. The van der Waals surface area contributed by atoms with Gasteiger partial charge in [0.1, 0.15) is 5.75 Å². The number of aromatic carboxylic acids is 1. The van der Waals surface area contributed by atoms with E-state index in [-0.39, 0.29) is 23.0 Å². The number of sulfonamides is 1. The lowest BCUT2D eigenvalue weighted by Crippen LogP contribution is -2.51. The lowest BCUT2D eigenvalue weighted by molar-refractivity contribution is -0.0588. The highest BCUT2D eigenvalue weighted by molar-refractivity contribution is 7.89. The molecule has 228 valence electrons. The number of anilines is 1. The van der Waals surface area contributed by atoms with Crippen molar-refractivity contribution in [3.05, 3.63) is 58.1 Å². The van der Waals surface area contributed by atoms with Gasteiger partial charge in [0.25, 0.3) is 0 Å². The molecule has 6 rings (SSSR count). The monoisotopic (exact) mass is 616 g/mol. The van der Waals surface area contributed by atoms with Gasteiger partial charge in [-0.1, -0.05) is 24.1 Å². The van der Waals surface area contributed by atoms with Crippen LogP contribution in [0.15, 0.2) is 36.4 Å². The SMILES string of the molecule is CO[C@@H]([C@@H]1CCC[C@@H](S(N)(=O)=O)C1)[C@@H]1CC[C@H]1CN1C[C@@]2(CCCc3cc(Cl)ccc32)COc2ccc(C(=O)O)cc21. The lowest BCUT2D eigenvalue weighted by Gasteiger charge is -2.48. The summed E-state index contributed by atoms with van der Waals surface area (Å²) >= 11 is 6.39. The summed E-state index contributed by atoms with van der Waals surface area (Å²) in [6.45, 7) is 1.98. The molecule has 0 unspecified atom stereocenters. The summed E-state index contributed by atoms with van der Waals surface area (Å²) in [5.74, 6) is 0.523. The number of primary sulfonamides is 1. The largest absolute Gasteiger partial charge is 0.490 e. The Morgan fingerprint density at radius 2 is 2.02 bits per heavy atom. The predicted molar refractivity (Wildman–Crippen MR) is 163 cm³/mol. The highest BCUT2D eigenvalue weighted by atomic mass is 35.5. The molecule has 10 heteroatoms. The van der Waals surface area contributed by atoms with Crippen molar-refractivity contribution in [1.29, 1.82) is 0 Å². The predicted octanol–water partition coefficient (Wildman–Crippen LogP) is 5.40.